The van der Waals surface area contributed by atoms with Crippen molar-refractivity contribution in [3.8, 4) is 0 Å². The van der Waals surface area contributed by atoms with E-state index >= 15 is 0 Å². The Morgan fingerprint density at radius 1 is 1.50 bits per heavy atom. The molecule has 0 rings (SSSR count). The summed E-state index contributed by atoms with van der Waals surface area (Å²) in [6.45, 7) is 3.86. The molecule has 0 aliphatic rings. The quantitative estimate of drug-likeness (QED) is 0.678. The first kappa shape index (κ1) is 14.2. The highest BCUT2D eigenvalue weighted by molar-refractivity contribution is 7.89. The molecule has 0 fully saturated rings. The number of ether oxygens (including phenoxy) is 1. The molecular weight excluding hydrogens is 226 g/mol. The summed E-state index contributed by atoms with van der Waals surface area (Å²) in [6.07, 6.45) is 0.655. The zero-order valence-electron chi connectivity index (χ0n) is 8.84. The fourth-order valence-corrected chi connectivity index (χ4v) is 2.60. The zero-order chi connectivity index (χ0) is 11.2. The number of halogens is 1. The number of alkyl halides is 1. The molecule has 0 spiro atoms. The van der Waals surface area contributed by atoms with Crippen molar-refractivity contribution < 1.29 is 13.2 Å². The molecule has 0 heterocycles. The molecule has 0 amide bonds. The Balaban J connectivity index is 4.33. The predicted molar refractivity (Wildman–Crippen MR) is 58.2 cm³/mol. The van der Waals surface area contributed by atoms with Crippen molar-refractivity contribution in [3.63, 3.8) is 0 Å². The minimum atomic E-state index is -3.29. The number of nitrogens with one attached hydrogen (secondary N) is 1. The lowest BCUT2D eigenvalue weighted by molar-refractivity contribution is 0.216. The Kier molecular flexibility index (Phi) is 5.97. The van der Waals surface area contributed by atoms with Crippen LogP contribution in [0.15, 0.2) is 0 Å². The molecule has 0 saturated carbocycles. The van der Waals surface area contributed by atoms with Crippen molar-refractivity contribution in [2.45, 2.75) is 25.8 Å². The van der Waals surface area contributed by atoms with Gasteiger partial charge in [0.05, 0.1) is 12.4 Å². The maximum absolute atomic E-state index is 11.5. The van der Waals surface area contributed by atoms with E-state index in [0.29, 0.717) is 6.42 Å². The third kappa shape index (κ3) is 5.14. The molecule has 6 heteroatoms. The van der Waals surface area contributed by atoms with Crippen LogP contribution in [0.2, 0.25) is 0 Å². The molecule has 0 aliphatic carbocycles. The van der Waals surface area contributed by atoms with Gasteiger partial charge in [-0.1, -0.05) is 6.92 Å². The van der Waals surface area contributed by atoms with Crippen molar-refractivity contribution >= 4 is 21.6 Å². The molecule has 0 aromatic heterocycles. The fourth-order valence-electron chi connectivity index (χ4n) is 0.813. The summed E-state index contributed by atoms with van der Waals surface area (Å²) in [5.41, 5.74) is -0.561. The lowest BCUT2D eigenvalue weighted by Gasteiger charge is -2.26. The minimum absolute atomic E-state index is 0.0318. The second kappa shape index (κ2) is 5.90. The van der Waals surface area contributed by atoms with E-state index in [2.05, 4.69) is 4.72 Å². The van der Waals surface area contributed by atoms with E-state index in [-0.39, 0.29) is 18.2 Å². The lowest BCUT2D eigenvalue weighted by Crippen LogP contribution is -2.48. The molecule has 0 aliphatic heterocycles. The average Bonchev–Trinajstić information content (AvgIpc) is 2.14. The van der Waals surface area contributed by atoms with E-state index in [1.807, 2.05) is 6.92 Å². The maximum atomic E-state index is 11.5. The highest BCUT2D eigenvalue weighted by Gasteiger charge is 2.26. The van der Waals surface area contributed by atoms with E-state index in [1.165, 1.54) is 7.11 Å². The van der Waals surface area contributed by atoms with Gasteiger partial charge in [0.25, 0.3) is 0 Å². The molecule has 4 nitrogen and oxygen atoms in total. The Morgan fingerprint density at radius 2 is 2.07 bits per heavy atom. The average molecular weight is 244 g/mol. The van der Waals surface area contributed by atoms with Crippen molar-refractivity contribution in [1.82, 2.24) is 4.72 Å². The van der Waals surface area contributed by atoms with Crippen LogP contribution in [0, 0.1) is 0 Å². The smallest absolute Gasteiger partial charge is 0.214 e. The van der Waals surface area contributed by atoms with Gasteiger partial charge in [0.1, 0.15) is 0 Å². The van der Waals surface area contributed by atoms with E-state index in [1.54, 1.807) is 6.92 Å². The second-order valence-corrected chi connectivity index (χ2v) is 5.57. The van der Waals surface area contributed by atoms with Gasteiger partial charge in [-0.05, 0) is 13.3 Å². The number of methoxy groups -OCH3 is 1. The lowest BCUT2D eigenvalue weighted by atomic mass is 10.0. The zero-order valence-corrected chi connectivity index (χ0v) is 10.4. The monoisotopic (exact) mass is 243 g/mol. The summed E-state index contributed by atoms with van der Waals surface area (Å²) in [4.78, 5) is 0. The Labute approximate surface area is 91.0 Å². The third-order valence-corrected chi connectivity index (χ3v) is 4.13. The van der Waals surface area contributed by atoms with Crippen LogP contribution in [0.1, 0.15) is 20.3 Å². The first-order valence-electron chi connectivity index (χ1n) is 4.45. The van der Waals surface area contributed by atoms with Gasteiger partial charge < -0.3 is 4.74 Å². The summed E-state index contributed by atoms with van der Waals surface area (Å²) in [6, 6.07) is 0. The van der Waals surface area contributed by atoms with Gasteiger partial charge in [-0.25, -0.2) is 13.1 Å². The molecule has 1 atom stereocenters. The van der Waals surface area contributed by atoms with Gasteiger partial charge in [0.15, 0.2) is 0 Å². The van der Waals surface area contributed by atoms with E-state index < -0.39 is 15.6 Å². The van der Waals surface area contributed by atoms with Crippen molar-refractivity contribution in [1.29, 1.82) is 0 Å². The molecule has 14 heavy (non-hydrogen) atoms. The van der Waals surface area contributed by atoms with Crippen LogP contribution in [-0.2, 0) is 14.8 Å². The van der Waals surface area contributed by atoms with Gasteiger partial charge in [0, 0.05) is 18.5 Å². The Bertz CT molecular complexity index is 249. The van der Waals surface area contributed by atoms with Crippen LogP contribution in [0.3, 0.4) is 0 Å². The maximum Gasteiger partial charge on any atom is 0.214 e. The van der Waals surface area contributed by atoms with Crippen LogP contribution >= 0.6 is 11.6 Å². The van der Waals surface area contributed by atoms with Gasteiger partial charge in [-0.2, -0.15) is 0 Å². The van der Waals surface area contributed by atoms with Gasteiger partial charge in [0.2, 0.25) is 10.0 Å². The van der Waals surface area contributed by atoms with Crippen LogP contribution in [-0.4, -0.2) is 39.3 Å². The van der Waals surface area contributed by atoms with Crippen molar-refractivity contribution in [3.05, 3.63) is 0 Å². The number of sulfonamides is 1. The summed E-state index contributed by atoms with van der Waals surface area (Å²) < 4.78 is 30.2. The molecule has 0 bridgehead atoms. The van der Waals surface area contributed by atoms with Crippen molar-refractivity contribution in [2.24, 2.45) is 0 Å². The van der Waals surface area contributed by atoms with Gasteiger partial charge in [-0.3, -0.25) is 0 Å². The highest BCUT2D eigenvalue weighted by Crippen LogP contribution is 2.12. The second-order valence-electron chi connectivity index (χ2n) is 3.46. The molecule has 0 aromatic carbocycles. The van der Waals surface area contributed by atoms with Crippen molar-refractivity contribution in [2.75, 3.05) is 25.3 Å². The SMILES string of the molecule is CCC(C)(CCl)NS(=O)(=O)CCOC. The van der Waals surface area contributed by atoms with E-state index in [4.69, 9.17) is 16.3 Å². The number of hydrogen-bond donors (Lipinski definition) is 1. The van der Waals surface area contributed by atoms with Crippen LogP contribution < -0.4 is 4.72 Å². The summed E-state index contributed by atoms with van der Waals surface area (Å²) in [7, 11) is -1.82. The molecule has 1 unspecified atom stereocenters. The van der Waals surface area contributed by atoms with E-state index in [0.717, 1.165) is 0 Å². The third-order valence-electron chi connectivity index (χ3n) is 2.03. The first-order valence-corrected chi connectivity index (χ1v) is 6.64. The van der Waals surface area contributed by atoms with Gasteiger partial charge >= 0.3 is 0 Å². The topological polar surface area (TPSA) is 55.4 Å². The molecule has 86 valence electrons. The van der Waals surface area contributed by atoms with Crippen LogP contribution in [0.25, 0.3) is 0 Å². The molecule has 0 radical (unpaired) electrons. The molecule has 0 aromatic rings. The first-order chi connectivity index (χ1) is 6.39. The Morgan fingerprint density at radius 3 is 2.43 bits per heavy atom. The molecular formula is C8H18ClNO3S. The summed E-state index contributed by atoms with van der Waals surface area (Å²) >= 11 is 5.69. The van der Waals surface area contributed by atoms with Crippen LogP contribution in [0.4, 0.5) is 0 Å². The number of rotatable bonds is 7. The van der Waals surface area contributed by atoms with Crippen LogP contribution in [0.5, 0.6) is 0 Å². The normalized spacial score (nSPS) is 16.6. The minimum Gasteiger partial charge on any atom is -0.384 e. The van der Waals surface area contributed by atoms with Gasteiger partial charge in [-0.15, -0.1) is 11.6 Å². The standard InChI is InChI=1S/C8H18ClNO3S/c1-4-8(2,7-9)10-14(11,12)6-5-13-3/h10H,4-7H2,1-3H3. The summed E-state index contributed by atoms with van der Waals surface area (Å²) in [5, 5.41) is 0. The fraction of sp³-hybridized carbons (Fsp3) is 1.00. The summed E-state index contributed by atoms with van der Waals surface area (Å²) in [5.74, 6) is 0.228. The largest absolute Gasteiger partial charge is 0.384 e. The molecule has 1 N–H and O–H groups in total. The Hall–Kier alpha value is 0.160. The number of hydrogen-bond acceptors (Lipinski definition) is 3. The molecule has 0 saturated heterocycles. The predicted octanol–water partition coefficient (Wildman–Crippen LogP) is 0.960. The van der Waals surface area contributed by atoms with E-state index in [9.17, 15) is 8.42 Å². The highest BCUT2D eigenvalue weighted by atomic mass is 35.5.